The summed E-state index contributed by atoms with van der Waals surface area (Å²) >= 11 is 0. The summed E-state index contributed by atoms with van der Waals surface area (Å²) in [6.45, 7) is 6.53. The van der Waals surface area contributed by atoms with Crippen molar-refractivity contribution in [3.63, 3.8) is 0 Å². The van der Waals surface area contributed by atoms with Crippen LogP contribution in [0.2, 0.25) is 0 Å². The molecule has 0 spiro atoms. The molecule has 0 aliphatic carbocycles. The molecule has 2 unspecified atom stereocenters. The highest BCUT2D eigenvalue weighted by atomic mass is 15.2. The maximum atomic E-state index is 6.22. The molecule has 1 fully saturated rings. The second-order valence-electron chi connectivity index (χ2n) is 4.18. The Kier molecular flexibility index (Phi) is 3.41. The normalized spacial score (nSPS) is 22.5. The Bertz CT molecular complexity index is 277. The molecule has 4 nitrogen and oxygen atoms in total. The van der Waals surface area contributed by atoms with Crippen molar-refractivity contribution < 1.29 is 0 Å². The molecule has 2 heterocycles. The lowest BCUT2D eigenvalue weighted by Crippen LogP contribution is -2.50. The number of hydrogen-bond donors (Lipinski definition) is 3. The van der Waals surface area contributed by atoms with E-state index in [-0.39, 0.29) is 6.04 Å². The summed E-state index contributed by atoms with van der Waals surface area (Å²) in [6.07, 6.45) is 1.93. The fraction of sp³-hybridized carbons (Fsp3) is 0.636. The molecular weight excluding hydrogens is 188 g/mol. The third-order valence-corrected chi connectivity index (χ3v) is 3.23. The van der Waals surface area contributed by atoms with Gasteiger partial charge in [-0.2, -0.15) is 0 Å². The van der Waals surface area contributed by atoms with Crippen LogP contribution in [-0.4, -0.2) is 42.1 Å². The molecule has 2 atom stereocenters. The molecule has 0 bridgehead atoms. The van der Waals surface area contributed by atoms with E-state index in [9.17, 15) is 0 Å². The third-order valence-electron chi connectivity index (χ3n) is 3.23. The zero-order valence-electron chi connectivity index (χ0n) is 9.24. The van der Waals surface area contributed by atoms with Gasteiger partial charge in [0, 0.05) is 44.1 Å². The van der Waals surface area contributed by atoms with Crippen molar-refractivity contribution in [2.75, 3.05) is 26.2 Å². The van der Waals surface area contributed by atoms with Crippen molar-refractivity contribution in [3.05, 3.63) is 24.0 Å². The molecule has 0 amide bonds. The molecule has 1 aliphatic heterocycles. The summed E-state index contributed by atoms with van der Waals surface area (Å²) in [6, 6.07) is 4.53. The number of aromatic amines is 1. The molecule has 4 heteroatoms. The van der Waals surface area contributed by atoms with E-state index in [2.05, 4.69) is 28.2 Å². The SMILES string of the molecule is CC(C(N)c1ccc[nH]1)N1CCNCC1. The van der Waals surface area contributed by atoms with Gasteiger partial charge in [-0.15, -0.1) is 0 Å². The summed E-state index contributed by atoms with van der Waals surface area (Å²) in [7, 11) is 0. The first kappa shape index (κ1) is 10.7. The van der Waals surface area contributed by atoms with E-state index in [1.54, 1.807) is 0 Å². The topological polar surface area (TPSA) is 57.1 Å². The Morgan fingerprint density at radius 2 is 2.13 bits per heavy atom. The average Bonchev–Trinajstić information content (AvgIpc) is 2.82. The van der Waals surface area contributed by atoms with Crippen molar-refractivity contribution in [3.8, 4) is 0 Å². The third kappa shape index (κ3) is 2.40. The molecule has 0 saturated carbocycles. The van der Waals surface area contributed by atoms with Crippen LogP contribution in [0.25, 0.3) is 0 Å². The second kappa shape index (κ2) is 4.79. The van der Waals surface area contributed by atoms with E-state index in [0.29, 0.717) is 6.04 Å². The second-order valence-corrected chi connectivity index (χ2v) is 4.18. The average molecular weight is 208 g/mol. The maximum absolute atomic E-state index is 6.22. The number of H-pyrrole nitrogens is 1. The van der Waals surface area contributed by atoms with Gasteiger partial charge in [0.2, 0.25) is 0 Å². The summed E-state index contributed by atoms with van der Waals surface area (Å²) in [5.41, 5.74) is 7.35. The van der Waals surface area contributed by atoms with Crippen LogP contribution in [0.1, 0.15) is 18.7 Å². The van der Waals surface area contributed by atoms with E-state index in [0.717, 1.165) is 31.9 Å². The number of aromatic nitrogens is 1. The first-order valence-corrected chi connectivity index (χ1v) is 5.62. The fourth-order valence-corrected chi connectivity index (χ4v) is 2.13. The summed E-state index contributed by atoms with van der Waals surface area (Å²) in [5, 5.41) is 3.35. The monoisotopic (exact) mass is 208 g/mol. The summed E-state index contributed by atoms with van der Waals surface area (Å²) in [5.74, 6) is 0. The van der Waals surface area contributed by atoms with E-state index in [4.69, 9.17) is 5.73 Å². The van der Waals surface area contributed by atoms with Crippen LogP contribution in [0, 0.1) is 0 Å². The largest absolute Gasteiger partial charge is 0.364 e. The van der Waals surface area contributed by atoms with Gasteiger partial charge in [-0.25, -0.2) is 0 Å². The van der Waals surface area contributed by atoms with Crippen LogP contribution in [0.15, 0.2) is 18.3 Å². The minimum Gasteiger partial charge on any atom is -0.364 e. The number of rotatable bonds is 3. The number of piperazine rings is 1. The molecule has 1 aromatic heterocycles. The maximum Gasteiger partial charge on any atom is 0.0603 e. The Balaban J connectivity index is 1.97. The predicted octanol–water partition coefficient (Wildman–Crippen LogP) is 0.308. The number of nitrogens with two attached hydrogens (primary N) is 1. The van der Waals surface area contributed by atoms with Crippen molar-refractivity contribution in [2.45, 2.75) is 19.0 Å². The molecule has 0 aromatic carbocycles. The zero-order chi connectivity index (χ0) is 10.7. The van der Waals surface area contributed by atoms with E-state index >= 15 is 0 Å². The molecule has 4 N–H and O–H groups in total. The van der Waals surface area contributed by atoms with Gasteiger partial charge in [-0.05, 0) is 19.1 Å². The minimum atomic E-state index is 0.0816. The van der Waals surface area contributed by atoms with E-state index < -0.39 is 0 Å². The Hall–Kier alpha value is -0.840. The lowest BCUT2D eigenvalue weighted by atomic mass is 10.1. The Labute approximate surface area is 90.8 Å². The van der Waals surface area contributed by atoms with Crippen LogP contribution in [0.3, 0.4) is 0 Å². The minimum absolute atomic E-state index is 0.0816. The van der Waals surface area contributed by atoms with Gasteiger partial charge in [0.1, 0.15) is 0 Å². The van der Waals surface area contributed by atoms with Crippen LogP contribution in [0.5, 0.6) is 0 Å². The lowest BCUT2D eigenvalue weighted by Gasteiger charge is -2.35. The van der Waals surface area contributed by atoms with Crippen LogP contribution >= 0.6 is 0 Å². The highest BCUT2D eigenvalue weighted by Crippen LogP contribution is 2.16. The molecular formula is C11H20N4. The van der Waals surface area contributed by atoms with Gasteiger partial charge in [0.05, 0.1) is 6.04 Å². The number of nitrogens with one attached hydrogen (secondary N) is 2. The first-order chi connectivity index (χ1) is 7.29. The zero-order valence-corrected chi connectivity index (χ0v) is 9.24. The van der Waals surface area contributed by atoms with Gasteiger partial charge in [-0.1, -0.05) is 0 Å². The summed E-state index contributed by atoms with van der Waals surface area (Å²) < 4.78 is 0. The van der Waals surface area contributed by atoms with Gasteiger partial charge < -0.3 is 16.0 Å². The fourth-order valence-electron chi connectivity index (χ4n) is 2.13. The molecule has 2 rings (SSSR count). The van der Waals surface area contributed by atoms with Crippen LogP contribution in [-0.2, 0) is 0 Å². The molecule has 1 aliphatic rings. The lowest BCUT2D eigenvalue weighted by molar-refractivity contribution is 0.162. The van der Waals surface area contributed by atoms with Crippen molar-refractivity contribution in [1.29, 1.82) is 0 Å². The molecule has 15 heavy (non-hydrogen) atoms. The molecule has 0 radical (unpaired) electrons. The van der Waals surface area contributed by atoms with Crippen molar-refractivity contribution >= 4 is 0 Å². The van der Waals surface area contributed by atoms with Crippen molar-refractivity contribution in [2.24, 2.45) is 5.73 Å². The van der Waals surface area contributed by atoms with E-state index in [1.165, 1.54) is 0 Å². The number of hydrogen-bond acceptors (Lipinski definition) is 3. The molecule has 1 aromatic rings. The van der Waals surface area contributed by atoms with Crippen molar-refractivity contribution in [1.82, 2.24) is 15.2 Å². The number of nitrogens with zero attached hydrogens (tertiary/aromatic N) is 1. The highest BCUT2D eigenvalue weighted by Gasteiger charge is 2.23. The predicted molar refractivity (Wildman–Crippen MR) is 61.6 cm³/mol. The van der Waals surface area contributed by atoms with Gasteiger partial charge in [0.25, 0.3) is 0 Å². The van der Waals surface area contributed by atoms with Gasteiger partial charge in [-0.3, -0.25) is 4.90 Å². The highest BCUT2D eigenvalue weighted by molar-refractivity contribution is 5.10. The van der Waals surface area contributed by atoms with Gasteiger partial charge >= 0.3 is 0 Å². The Morgan fingerprint density at radius 1 is 1.40 bits per heavy atom. The van der Waals surface area contributed by atoms with E-state index in [1.807, 2.05) is 12.3 Å². The smallest absolute Gasteiger partial charge is 0.0603 e. The standard InChI is InChI=1S/C11H20N4/c1-9(15-7-5-13-6-8-15)11(12)10-3-2-4-14-10/h2-4,9,11,13-14H,5-8,12H2,1H3. The van der Waals surface area contributed by atoms with Crippen LogP contribution in [0.4, 0.5) is 0 Å². The first-order valence-electron chi connectivity index (χ1n) is 5.62. The molecule has 1 saturated heterocycles. The quantitative estimate of drug-likeness (QED) is 0.670. The Morgan fingerprint density at radius 3 is 2.73 bits per heavy atom. The van der Waals surface area contributed by atoms with Gasteiger partial charge in [0.15, 0.2) is 0 Å². The van der Waals surface area contributed by atoms with Crippen LogP contribution < -0.4 is 11.1 Å². The molecule has 84 valence electrons. The summed E-state index contributed by atoms with van der Waals surface area (Å²) in [4.78, 5) is 5.64.